The van der Waals surface area contributed by atoms with Crippen molar-refractivity contribution in [2.75, 3.05) is 6.61 Å². The van der Waals surface area contributed by atoms with Crippen molar-refractivity contribution in [3.63, 3.8) is 0 Å². The number of hydrogen-bond donors (Lipinski definition) is 1. The van der Waals surface area contributed by atoms with Crippen molar-refractivity contribution < 1.29 is 38.3 Å². The Morgan fingerprint density at radius 3 is 2.40 bits per heavy atom. The Labute approximate surface area is 255 Å². The average molecular weight is 595 g/mol. The molecule has 2 aromatic carbocycles. The fourth-order valence-corrected chi connectivity index (χ4v) is 6.77. The van der Waals surface area contributed by atoms with E-state index in [0.29, 0.717) is 25.0 Å². The molecular weight excluding hydrogens is 548 g/mol. The second kappa shape index (κ2) is 13.2. The molecule has 0 unspecified atom stereocenters. The largest absolute Gasteiger partial charge is 0.458 e. The Morgan fingerprint density at radius 1 is 1.05 bits per heavy atom. The van der Waals surface area contributed by atoms with Crippen LogP contribution in [-0.4, -0.2) is 65.9 Å². The first-order chi connectivity index (χ1) is 20.5. The first kappa shape index (κ1) is 31.8. The Bertz CT molecular complexity index is 1250. The molecule has 0 amide bonds. The molecule has 3 aliphatic rings. The molecule has 9 atom stereocenters. The number of aliphatic hydroxyl groups excluding tert-OH is 1. The molecule has 8 nitrogen and oxygen atoms in total. The minimum atomic E-state index is -0.797. The molecule has 0 aliphatic carbocycles. The molecule has 1 N–H and O–H groups in total. The quantitative estimate of drug-likeness (QED) is 0.257. The maximum atomic E-state index is 12.3. The van der Waals surface area contributed by atoms with Gasteiger partial charge in [0.25, 0.3) is 0 Å². The molecule has 3 saturated heterocycles. The van der Waals surface area contributed by atoms with E-state index in [1.807, 2.05) is 70.2 Å². The number of aliphatic hydroxyl groups is 1. The van der Waals surface area contributed by atoms with Crippen LogP contribution >= 0.6 is 0 Å². The van der Waals surface area contributed by atoms with Crippen molar-refractivity contribution in [1.82, 2.24) is 0 Å². The van der Waals surface area contributed by atoms with Gasteiger partial charge in [0.05, 0.1) is 30.5 Å². The Kier molecular flexibility index (Phi) is 9.76. The number of carbonyl (C=O) groups excluding carboxylic acids is 1. The summed E-state index contributed by atoms with van der Waals surface area (Å²) in [6, 6.07) is 18.9. The van der Waals surface area contributed by atoms with Gasteiger partial charge in [-0.15, -0.1) is 0 Å². The van der Waals surface area contributed by atoms with E-state index < -0.39 is 36.0 Å². The molecule has 3 fully saturated rings. The third kappa shape index (κ3) is 6.90. The van der Waals surface area contributed by atoms with Gasteiger partial charge in [0.15, 0.2) is 12.1 Å². The molecule has 0 bridgehead atoms. The van der Waals surface area contributed by atoms with Gasteiger partial charge in [-0.3, -0.25) is 0 Å². The summed E-state index contributed by atoms with van der Waals surface area (Å²) in [5.74, 6) is -1.27. The van der Waals surface area contributed by atoms with Crippen LogP contribution in [0.2, 0.25) is 0 Å². The van der Waals surface area contributed by atoms with Gasteiger partial charge in [0.1, 0.15) is 24.4 Å². The minimum absolute atomic E-state index is 0.101. The van der Waals surface area contributed by atoms with Crippen molar-refractivity contribution in [2.24, 2.45) is 11.8 Å². The van der Waals surface area contributed by atoms with Gasteiger partial charge in [0.2, 0.25) is 0 Å². The van der Waals surface area contributed by atoms with E-state index in [-0.39, 0.29) is 36.6 Å². The monoisotopic (exact) mass is 594 g/mol. The third-order valence-corrected chi connectivity index (χ3v) is 8.86. The second-order valence-corrected chi connectivity index (χ2v) is 12.7. The van der Waals surface area contributed by atoms with E-state index in [4.69, 9.17) is 28.4 Å². The third-order valence-electron chi connectivity index (χ3n) is 8.86. The lowest BCUT2D eigenvalue weighted by Crippen LogP contribution is -2.54. The Morgan fingerprint density at radius 2 is 1.72 bits per heavy atom. The molecule has 234 valence electrons. The lowest BCUT2D eigenvalue weighted by atomic mass is 9.80. The molecule has 0 saturated carbocycles. The highest BCUT2D eigenvalue weighted by atomic mass is 16.8. The fraction of sp³-hybridized carbons (Fsp3) is 0.571. The van der Waals surface area contributed by atoms with Gasteiger partial charge in [-0.05, 0) is 62.8 Å². The van der Waals surface area contributed by atoms with Crippen molar-refractivity contribution in [1.29, 1.82) is 0 Å². The highest BCUT2D eigenvalue weighted by Gasteiger charge is 2.67. The van der Waals surface area contributed by atoms with E-state index in [1.165, 1.54) is 0 Å². The molecule has 0 aromatic heterocycles. The summed E-state index contributed by atoms with van der Waals surface area (Å²) in [7, 11) is 0. The predicted molar refractivity (Wildman–Crippen MR) is 161 cm³/mol. The smallest absolute Gasteiger partial charge is 0.338 e. The number of hydrogen-bond acceptors (Lipinski definition) is 8. The molecule has 0 radical (unpaired) electrons. The van der Waals surface area contributed by atoms with E-state index in [2.05, 4.69) is 13.8 Å². The van der Waals surface area contributed by atoms with Gasteiger partial charge in [0, 0.05) is 5.92 Å². The molecule has 0 spiro atoms. The summed E-state index contributed by atoms with van der Waals surface area (Å²) in [4.78, 5) is 12.3. The standard InChI is InChI=1S/C35H46O8/c1-7-35(31-29(41-34(5,6)42-31)33(43-35)39-21-25-14-10-8-11-15-25)30-24(4)19-27(40-30)28(36)23(3)18-22(2)20-38-32(37)26-16-12-9-13-17-26/h8-18,23-24,27-31,33,36H,7,19-21H2,1-6H3/b22-18+/t23-,24-,27+,28-,29-,30+,31+,33-,35+/m0/s1. The zero-order valence-corrected chi connectivity index (χ0v) is 26.1. The van der Waals surface area contributed by atoms with E-state index >= 15 is 0 Å². The van der Waals surface area contributed by atoms with Crippen LogP contribution in [0.25, 0.3) is 0 Å². The molecule has 2 aromatic rings. The number of rotatable bonds is 11. The van der Waals surface area contributed by atoms with Gasteiger partial charge in [-0.2, -0.15) is 0 Å². The van der Waals surface area contributed by atoms with Crippen molar-refractivity contribution in [3.8, 4) is 0 Å². The van der Waals surface area contributed by atoms with Gasteiger partial charge >= 0.3 is 5.97 Å². The highest BCUT2D eigenvalue weighted by Crippen LogP contribution is 2.52. The number of carbonyl (C=O) groups is 1. The summed E-state index contributed by atoms with van der Waals surface area (Å²) in [5, 5.41) is 11.4. The molecule has 3 heterocycles. The molecular formula is C35H46O8. The van der Waals surface area contributed by atoms with Crippen LogP contribution in [0.15, 0.2) is 72.3 Å². The summed E-state index contributed by atoms with van der Waals surface area (Å²) in [6.07, 6.45) is 0.401. The van der Waals surface area contributed by atoms with Crippen molar-refractivity contribution in [2.45, 2.75) is 109 Å². The number of fused-ring (bicyclic) bond motifs is 1. The normalized spacial score (nSPS) is 33.2. The number of ether oxygens (including phenoxy) is 6. The Balaban J connectivity index is 1.25. The zero-order chi connectivity index (χ0) is 30.8. The minimum Gasteiger partial charge on any atom is -0.458 e. The van der Waals surface area contributed by atoms with Crippen LogP contribution in [0.4, 0.5) is 0 Å². The summed E-state index contributed by atoms with van der Waals surface area (Å²) < 4.78 is 38.0. The zero-order valence-electron chi connectivity index (χ0n) is 26.1. The SMILES string of the molecule is CC[C@]1([C@@H]2O[C@@H]([C@@H](O)[C@@H](C)/C=C(\C)COC(=O)c3ccccc3)C[C@@H]2C)O[C@H](OCc2ccccc2)[C@H]2OC(C)(C)O[C@H]21. The highest BCUT2D eigenvalue weighted by molar-refractivity contribution is 5.89. The summed E-state index contributed by atoms with van der Waals surface area (Å²) in [6.45, 7) is 12.5. The average Bonchev–Trinajstić information content (AvgIpc) is 3.64. The molecule has 8 heteroatoms. The molecule has 43 heavy (non-hydrogen) atoms. The lowest BCUT2D eigenvalue weighted by Gasteiger charge is -2.40. The maximum absolute atomic E-state index is 12.3. The van der Waals surface area contributed by atoms with E-state index in [0.717, 1.165) is 11.1 Å². The van der Waals surface area contributed by atoms with Gasteiger partial charge in [-0.1, -0.05) is 75.4 Å². The van der Waals surface area contributed by atoms with Crippen molar-refractivity contribution in [3.05, 3.63) is 83.4 Å². The van der Waals surface area contributed by atoms with Crippen molar-refractivity contribution >= 4 is 5.97 Å². The first-order valence-electron chi connectivity index (χ1n) is 15.4. The number of benzene rings is 2. The fourth-order valence-electron chi connectivity index (χ4n) is 6.77. The summed E-state index contributed by atoms with van der Waals surface area (Å²) >= 11 is 0. The molecule has 3 aliphatic heterocycles. The van der Waals surface area contributed by atoms with Crippen LogP contribution in [0.1, 0.15) is 70.3 Å². The van der Waals surface area contributed by atoms with Gasteiger partial charge < -0.3 is 33.5 Å². The Hall–Kier alpha value is -2.59. The van der Waals surface area contributed by atoms with E-state index in [1.54, 1.807) is 24.3 Å². The van der Waals surface area contributed by atoms with Crippen LogP contribution < -0.4 is 0 Å². The van der Waals surface area contributed by atoms with Crippen LogP contribution in [-0.2, 0) is 35.0 Å². The summed E-state index contributed by atoms with van der Waals surface area (Å²) in [5.41, 5.74) is 1.63. The van der Waals surface area contributed by atoms with E-state index in [9.17, 15) is 9.90 Å². The van der Waals surface area contributed by atoms with Crippen LogP contribution in [0.5, 0.6) is 0 Å². The molecule has 5 rings (SSSR count). The topological polar surface area (TPSA) is 92.7 Å². The van der Waals surface area contributed by atoms with Crippen LogP contribution in [0, 0.1) is 11.8 Å². The second-order valence-electron chi connectivity index (χ2n) is 12.7. The lowest BCUT2D eigenvalue weighted by molar-refractivity contribution is -0.281. The predicted octanol–water partition coefficient (Wildman–Crippen LogP) is 5.82. The maximum Gasteiger partial charge on any atom is 0.338 e. The van der Waals surface area contributed by atoms with Gasteiger partial charge in [-0.25, -0.2) is 4.79 Å². The number of esters is 1. The first-order valence-corrected chi connectivity index (χ1v) is 15.4. The van der Waals surface area contributed by atoms with Crippen LogP contribution in [0.3, 0.4) is 0 Å².